The first-order valence-electron chi connectivity index (χ1n) is 8.43. The fraction of sp³-hybridized carbons (Fsp3) is 0.632. The summed E-state index contributed by atoms with van der Waals surface area (Å²) in [6.07, 6.45) is 4.74. The largest absolute Gasteiger partial charge is 0.469 e. The zero-order valence-corrected chi connectivity index (χ0v) is 15.8. The van der Waals surface area contributed by atoms with E-state index in [0.717, 1.165) is 0 Å². The van der Waals surface area contributed by atoms with Crippen LogP contribution in [0.25, 0.3) is 0 Å². The molecule has 0 radical (unpaired) electrons. The summed E-state index contributed by atoms with van der Waals surface area (Å²) in [7, 11) is 1.30. The molecule has 0 aromatic carbocycles. The number of allylic oxidation sites excluding steroid dienone is 1. The van der Waals surface area contributed by atoms with Gasteiger partial charge >= 0.3 is 11.9 Å². The minimum absolute atomic E-state index is 0.0311. The highest BCUT2D eigenvalue weighted by molar-refractivity contribution is 5.86. The highest BCUT2D eigenvalue weighted by atomic mass is 16.6. The molecule has 1 amide bonds. The fourth-order valence-electron chi connectivity index (χ4n) is 2.46. The van der Waals surface area contributed by atoms with Crippen LogP contribution in [0.15, 0.2) is 25.3 Å². The van der Waals surface area contributed by atoms with E-state index >= 15 is 0 Å². The highest BCUT2D eigenvalue weighted by Gasteiger charge is 2.28. The van der Waals surface area contributed by atoms with Gasteiger partial charge in [-0.25, -0.2) is 0 Å². The number of carbonyl (C=O) groups excluding carboxylic acids is 3. The molecule has 0 bridgehead atoms. The van der Waals surface area contributed by atoms with Crippen molar-refractivity contribution in [3.63, 3.8) is 0 Å². The quantitative estimate of drug-likeness (QED) is 0.351. The molecule has 0 spiro atoms. The Balaban J connectivity index is 4.83. The third kappa shape index (κ3) is 11.1. The number of carbonyl (C=O) groups is 3. The number of rotatable bonds is 11. The lowest BCUT2D eigenvalue weighted by Gasteiger charge is -2.23. The molecule has 2 atom stereocenters. The molecule has 0 saturated carbocycles. The average Bonchev–Trinajstić information content (AvgIpc) is 2.51. The number of ether oxygens (including phenoxy) is 2. The van der Waals surface area contributed by atoms with Gasteiger partial charge in [-0.2, -0.15) is 0 Å². The molecule has 0 heterocycles. The van der Waals surface area contributed by atoms with Crippen LogP contribution in [-0.4, -0.2) is 37.1 Å². The van der Waals surface area contributed by atoms with Crippen molar-refractivity contribution in [2.45, 2.75) is 52.1 Å². The number of hydrogen-bond donors (Lipinski definition) is 1. The molecule has 0 rings (SSSR count). The maximum absolute atomic E-state index is 12.1. The van der Waals surface area contributed by atoms with E-state index in [9.17, 15) is 14.4 Å². The molecular weight excluding hydrogens is 322 g/mol. The third-order valence-electron chi connectivity index (χ3n) is 3.52. The summed E-state index contributed by atoms with van der Waals surface area (Å²) in [5.41, 5.74) is -0.604. The molecule has 0 fully saturated rings. The molecule has 0 saturated heterocycles. The topological polar surface area (TPSA) is 81.7 Å². The van der Waals surface area contributed by atoms with Gasteiger partial charge in [-0.05, 0) is 52.0 Å². The van der Waals surface area contributed by atoms with E-state index in [-0.39, 0.29) is 18.2 Å². The van der Waals surface area contributed by atoms with Crippen LogP contribution in [0.1, 0.15) is 46.5 Å². The van der Waals surface area contributed by atoms with Crippen LogP contribution in [0, 0.1) is 11.8 Å². The normalized spacial score (nSPS) is 13.3. The van der Waals surface area contributed by atoms with Crippen molar-refractivity contribution in [3.05, 3.63) is 25.3 Å². The van der Waals surface area contributed by atoms with Crippen LogP contribution in [-0.2, 0) is 23.9 Å². The average molecular weight is 353 g/mol. The predicted molar refractivity (Wildman–Crippen MR) is 96.7 cm³/mol. The van der Waals surface area contributed by atoms with Crippen LogP contribution >= 0.6 is 0 Å². The van der Waals surface area contributed by atoms with Crippen LogP contribution in [0.5, 0.6) is 0 Å². The van der Waals surface area contributed by atoms with E-state index in [4.69, 9.17) is 9.47 Å². The van der Waals surface area contributed by atoms with Gasteiger partial charge < -0.3 is 14.8 Å². The lowest BCUT2D eigenvalue weighted by molar-refractivity contribution is -0.161. The van der Waals surface area contributed by atoms with Gasteiger partial charge in [0.1, 0.15) is 5.60 Å². The van der Waals surface area contributed by atoms with Crippen LogP contribution in [0.3, 0.4) is 0 Å². The van der Waals surface area contributed by atoms with E-state index in [0.29, 0.717) is 25.8 Å². The molecule has 25 heavy (non-hydrogen) atoms. The summed E-state index contributed by atoms with van der Waals surface area (Å²) in [6.45, 7) is 12.9. The second kappa shape index (κ2) is 11.4. The summed E-state index contributed by atoms with van der Waals surface area (Å²) in [5, 5.41) is 2.71. The second-order valence-electron chi connectivity index (χ2n) is 6.92. The Bertz CT molecular complexity index is 479. The SMILES string of the molecule is C=CCC(CCNC(=O)C=C)CC(CC(=O)OC(C)(C)C)C(=O)OC. The van der Waals surface area contributed by atoms with E-state index < -0.39 is 23.5 Å². The Hall–Kier alpha value is -2.11. The van der Waals surface area contributed by atoms with Crippen LogP contribution in [0.2, 0.25) is 0 Å². The van der Waals surface area contributed by atoms with E-state index in [1.807, 2.05) is 0 Å². The van der Waals surface area contributed by atoms with Gasteiger partial charge in [0.25, 0.3) is 0 Å². The molecule has 0 aliphatic carbocycles. The smallest absolute Gasteiger partial charge is 0.309 e. The molecule has 0 aromatic rings. The first-order valence-corrected chi connectivity index (χ1v) is 8.43. The summed E-state index contributed by atoms with van der Waals surface area (Å²) < 4.78 is 10.1. The molecule has 0 aliphatic rings. The standard InChI is InChI=1S/C19H31NO5/c1-7-9-14(10-11-20-16(21)8-2)12-15(18(23)24-6)13-17(22)25-19(3,4)5/h7-8,14-15H,1-2,9-13H2,3-6H3,(H,20,21). The first-order chi connectivity index (χ1) is 11.6. The van der Waals surface area contributed by atoms with Gasteiger partial charge in [0.15, 0.2) is 0 Å². The van der Waals surface area contributed by atoms with Gasteiger partial charge in [-0.15, -0.1) is 6.58 Å². The van der Waals surface area contributed by atoms with Gasteiger partial charge in [0.2, 0.25) is 5.91 Å². The molecule has 142 valence electrons. The Morgan fingerprint density at radius 2 is 1.84 bits per heavy atom. The van der Waals surface area contributed by atoms with Crippen molar-refractivity contribution in [1.82, 2.24) is 5.32 Å². The highest BCUT2D eigenvalue weighted by Crippen LogP contribution is 2.24. The van der Waals surface area contributed by atoms with E-state index in [2.05, 4.69) is 18.5 Å². The molecule has 2 unspecified atom stereocenters. The summed E-state index contributed by atoms with van der Waals surface area (Å²) in [6, 6.07) is 0. The minimum Gasteiger partial charge on any atom is -0.469 e. The molecule has 1 N–H and O–H groups in total. The lowest BCUT2D eigenvalue weighted by Crippen LogP contribution is -2.29. The van der Waals surface area contributed by atoms with Gasteiger partial charge in [0.05, 0.1) is 19.4 Å². The molecule has 0 aromatic heterocycles. The van der Waals surface area contributed by atoms with Crippen LogP contribution < -0.4 is 5.32 Å². The van der Waals surface area contributed by atoms with Gasteiger partial charge in [-0.3, -0.25) is 14.4 Å². The predicted octanol–water partition coefficient (Wildman–Crippen LogP) is 2.78. The monoisotopic (exact) mass is 353 g/mol. The number of amides is 1. The summed E-state index contributed by atoms with van der Waals surface area (Å²) in [5.74, 6) is -1.60. The number of nitrogens with one attached hydrogen (secondary N) is 1. The zero-order chi connectivity index (χ0) is 19.5. The minimum atomic E-state index is -0.604. The maximum atomic E-state index is 12.1. The fourth-order valence-corrected chi connectivity index (χ4v) is 2.46. The van der Waals surface area contributed by atoms with Crippen LogP contribution in [0.4, 0.5) is 0 Å². The Morgan fingerprint density at radius 3 is 2.32 bits per heavy atom. The Labute approximate surface area is 150 Å². The van der Waals surface area contributed by atoms with Gasteiger partial charge in [0, 0.05) is 6.54 Å². The Morgan fingerprint density at radius 1 is 1.20 bits per heavy atom. The van der Waals surface area contributed by atoms with Crippen molar-refractivity contribution >= 4 is 17.8 Å². The number of esters is 2. The Kier molecular flexibility index (Phi) is 10.5. The van der Waals surface area contributed by atoms with Crippen molar-refractivity contribution in [2.75, 3.05) is 13.7 Å². The maximum Gasteiger partial charge on any atom is 0.309 e. The number of hydrogen-bond acceptors (Lipinski definition) is 5. The lowest BCUT2D eigenvalue weighted by atomic mass is 9.87. The first kappa shape index (κ1) is 22.9. The summed E-state index contributed by atoms with van der Waals surface area (Å²) in [4.78, 5) is 35.3. The van der Waals surface area contributed by atoms with Gasteiger partial charge in [-0.1, -0.05) is 12.7 Å². The van der Waals surface area contributed by atoms with Crippen molar-refractivity contribution in [3.8, 4) is 0 Å². The van der Waals surface area contributed by atoms with E-state index in [1.54, 1.807) is 26.8 Å². The summed E-state index contributed by atoms with van der Waals surface area (Å²) >= 11 is 0. The van der Waals surface area contributed by atoms with Crippen molar-refractivity contribution in [1.29, 1.82) is 0 Å². The third-order valence-corrected chi connectivity index (χ3v) is 3.52. The molecule has 6 nitrogen and oxygen atoms in total. The van der Waals surface area contributed by atoms with E-state index in [1.165, 1.54) is 13.2 Å². The molecule has 0 aliphatic heterocycles. The molecular formula is C19H31NO5. The second-order valence-corrected chi connectivity index (χ2v) is 6.92. The number of methoxy groups -OCH3 is 1. The van der Waals surface area contributed by atoms with Crippen molar-refractivity contribution < 1.29 is 23.9 Å². The zero-order valence-electron chi connectivity index (χ0n) is 15.8. The molecule has 6 heteroatoms. The van der Waals surface area contributed by atoms with Crippen molar-refractivity contribution in [2.24, 2.45) is 11.8 Å².